The second kappa shape index (κ2) is 6.15. The normalized spacial score (nSPS) is 20.8. The average Bonchev–Trinajstić information content (AvgIpc) is 2.18. The van der Waals surface area contributed by atoms with E-state index in [2.05, 4.69) is 38.3 Å². The lowest BCUT2D eigenvalue weighted by Gasteiger charge is -2.38. The summed E-state index contributed by atoms with van der Waals surface area (Å²) in [6.07, 6.45) is 5.38. The second-order valence-electron chi connectivity index (χ2n) is 5.91. The maximum Gasteiger partial charge on any atom is -0.00159 e. The zero-order chi connectivity index (χ0) is 11.3. The van der Waals surface area contributed by atoms with Crippen LogP contribution in [0, 0.1) is 11.3 Å². The fourth-order valence-electron chi connectivity index (χ4n) is 2.47. The van der Waals surface area contributed by atoms with Crippen LogP contribution >= 0.6 is 12.6 Å². The van der Waals surface area contributed by atoms with Gasteiger partial charge < -0.3 is 4.90 Å². The highest BCUT2D eigenvalue weighted by molar-refractivity contribution is 7.80. The van der Waals surface area contributed by atoms with Gasteiger partial charge in [0.25, 0.3) is 0 Å². The Labute approximate surface area is 101 Å². The molecule has 0 aromatic carbocycles. The molecule has 0 spiro atoms. The zero-order valence-corrected chi connectivity index (χ0v) is 11.5. The Morgan fingerprint density at radius 1 is 1.13 bits per heavy atom. The Bertz CT molecular complexity index is 166. The molecule has 1 saturated heterocycles. The summed E-state index contributed by atoms with van der Waals surface area (Å²) in [4.78, 5) is 2.63. The third-order valence-corrected chi connectivity index (χ3v) is 4.01. The van der Waals surface area contributed by atoms with Crippen LogP contribution in [0.2, 0.25) is 0 Å². The smallest absolute Gasteiger partial charge is 0.00159 e. The van der Waals surface area contributed by atoms with E-state index in [9.17, 15) is 0 Å². The molecule has 1 aliphatic rings. The summed E-state index contributed by atoms with van der Waals surface area (Å²) < 4.78 is 0. The van der Waals surface area contributed by atoms with Gasteiger partial charge in [-0.25, -0.2) is 0 Å². The predicted molar refractivity (Wildman–Crippen MR) is 71.7 cm³/mol. The van der Waals surface area contributed by atoms with E-state index in [1.165, 1.54) is 45.3 Å². The van der Waals surface area contributed by atoms with Gasteiger partial charge in [-0.05, 0) is 62.4 Å². The molecule has 1 nitrogen and oxygen atoms in total. The Morgan fingerprint density at radius 3 is 2.20 bits per heavy atom. The Hall–Kier alpha value is 0.310. The Balaban J connectivity index is 2.18. The van der Waals surface area contributed by atoms with Gasteiger partial charge in [0.15, 0.2) is 0 Å². The summed E-state index contributed by atoms with van der Waals surface area (Å²) >= 11 is 4.25. The monoisotopic (exact) mass is 229 g/mol. The van der Waals surface area contributed by atoms with Crippen LogP contribution in [-0.4, -0.2) is 30.3 Å². The molecule has 1 aliphatic heterocycles. The van der Waals surface area contributed by atoms with Crippen molar-refractivity contribution in [1.82, 2.24) is 4.90 Å². The minimum absolute atomic E-state index is 0.511. The van der Waals surface area contributed by atoms with Crippen molar-refractivity contribution in [2.45, 2.75) is 46.5 Å². The average molecular weight is 229 g/mol. The second-order valence-corrected chi connectivity index (χ2v) is 6.36. The highest BCUT2D eigenvalue weighted by atomic mass is 32.1. The van der Waals surface area contributed by atoms with E-state index in [1.807, 2.05) is 0 Å². The number of piperidine rings is 1. The SMILES string of the molecule is CC(C)(C)C1CCN(CCCCS)CC1. The minimum Gasteiger partial charge on any atom is -0.303 e. The van der Waals surface area contributed by atoms with Crippen molar-refractivity contribution in [2.24, 2.45) is 11.3 Å². The van der Waals surface area contributed by atoms with Crippen LogP contribution in [0.4, 0.5) is 0 Å². The number of rotatable bonds is 4. The molecule has 0 saturated carbocycles. The van der Waals surface area contributed by atoms with Gasteiger partial charge in [0.1, 0.15) is 0 Å². The lowest BCUT2D eigenvalue weighted by Crippen LogP contribution is -2.38. The van der Waals surface area contributed by atoms with Crippen molar-refractivity contribution in [3.05, 3.63) is 0 Å². The molecule has 0 N–H and O–H groups in total. The largest absolute Gasteiger partial charge is 0.303 e. The highest BCUT2D eigenvalue weighted by Gasteiger charge is 2.28. The van der Waals surface area contributed by atoms with E-state index < -0.39 is 0 Å². The van der Waals surface area contributed by atoms with Gasteiger partial charge in [0.05, 0.1) is 0 Å². The number of hydrogen-bond acceptors (Lipinski definition) is 2. The van der Waals surface area contributed by atoms with Gasteiger partial charge >= 0.3 is 0 Å². The maximum absolute atomic E-state index is 4.25. The summed E-state index contributed by atoms with van der Waals surface area (Å²) in [6.45, 7) is 11.1. The summed E-state index contributed by atoms with van der Waals surface area (Å²) in [5.74, 6) is 1.97. The topological polar surface area (TPSA) is 3.24 Å². The highest BCUT2D eigenvalue weighted by Crippen LogP contribution is 2.34. The van der Waals surface area contributed by atoms with Gasteiger partial charge in [0, 0.05) is 0 Å². The van der Waals surface area contributed by atoms with Crippen molar-refractivity contribution in [3.8, 4) is 0 Å². The number of nitrogens with zero attached hydrogens (tertiary/aromatic N) is 1. The fraction of sp³-hybridized carbons (Fsp3) is 1.00. The number of unbranched alkanes of at least 4 members (excludes halogenated alkanes) is 1. The van der Waals surface area contributed by atoms with Crippen molar-refractivity contribution in [3.63, 3.8) is 0 Å². The summed E-state index contributed by atoms with van der Waals surface area (Å²) in [5.41, 5.74) is 0.511. The van der Waals surface area contributed by atoms with Gasteiger partial charge in [-0.2, -0.15) is 12.6 Å². The van der Waals surface area contributed by atoms with Gasteiger partial charge in [-0.3, -0.25) is 0 Å². The van der Waals surface area contributed by atoms with Crippen molar-refractivity contribution >= 4 is 12.6 Å². The van der Waals surface area contributed by atoms with E-state index in [0.717, 1.165) is 11.7 Å². The van der Waals surface area contributed by atoms with E-state index in [1.54, 1.807) is 0 Å². The molecular weight excluding hydrogens is 202 g/mol. The van der Waals surface area contributed by atoms with E-state index in [4.69, 9.17) is 0 Å². The lowest BCUT2D eigenvalue weighted by atomic mass is 9.75. The van der Waals surface area contributed by atoms with E-state index in [-0.39, 0.29) is 0 Å². The number of hydrogen-bond donors (Lipinski definition) is 1. The molecule has 2 heteroatoms. The molecular formula is C13H27NS. The molecule has 0 aromatic heterocycles. The van der Waals surface area contributed by atoms with Crippen molar-refractivity contribution in [2.75, 3.05) is 25.4 Å². The van der Waals surface area contributed by atoms with Crippen LogP contribution in [0.1, 0.15) is 46.5 Å². The molecule has 0 aromatic rings. The van der Waals surface area contributed by atoms with Gasteiger partial charge in [-0.1, -0.05) is 20.8 Å². The molecule has 0 radical (unpaired) electrons. The minimum atomic E-state index is 0.511. The van der Waals surface area contributed by atoms with E-state index in [0.29, 0.717) is 5.41 Å². The molecule has 0 amide bonds. The van der Waals surface area contributed by atoms with Crippen LogP contribution < -0.4 is 0 Å². The molecule has 15 heavy (non-hydrogen) atoms. The molecule has 0 aliphatic carbocycles. The maximum atomic E-state index is 4.25. The first kappa shape index (κ1) is 13.4. The first-order chi connectivity index (χ1) is 7.04. The van der Waals surface area contributed by atoms with Crippen LogP contribution in [0.25, 0.3) is 0 Å². The first-order valence-corrected chi connectivity index (χ1v) is 7.00. The third-order valence-electron chi connectivity index (χ3n) is 3.69. The number of thiol groups is 1. The Morgan fingerprint density at radius 2 is 1.73 bits per heavy atom. The van der Waals surface area contributed by atoms with E-state index >= 15 is 0 Å². The molecule has 0 bridgehead atoms. The summed E-state index contributed by atoms with van der Waals surface area (Å²) in [5, 5.41) is 0. The standard InChI is InChI=1S/C13H27NS/c1-13(2,3)12-6-9-14(10-7-12)8-4-5-11-15/h12,15H,4-11H2,1-3H3. The fourth-order valence-corrected chi connectivity index (χ4v) is 2.69. The Kier molecular flexibility index (Phi) is 5.48. The van der Waals surface area contributed by atoms with Crippen LogP contribution in [0.15, 0.2) is 0 Å². The molecule has 1 fully saturated rings. The predicted octanol–water partition coefficient (Wildman–Crippen LogP) is 3.45. The quantitative estimate of drug-likeness (QED) is 0.571. The third kappa shape index (κ3) is 4.78. The molecule has 90 valence electrons. The zero-order valence-electron chi connectivity index (χ0n) is 10.6. The summed E-state index contributed by atoms with van der Waals surface area (Å²) in [6, 6.07) is 0. The van der Waals surface area contributed by atoms with Gasteiger partial charge in [-0.15, -0.1) is 0 Å². The van der Waals surface area contributed by atoms with Crippen LogP contribution in [-0.2, 0) is 0 Å². The van der Waals surface area contributed by atoms with Crippen LogP contribution in [0.5, 0.6) is 0 Å². The van der Waals surface area contributed by atoms with Crippen molar-refractivity contribution in [1.29, 1.82) is 0 Å². The van der Waals surface area contributed by atoms with Crippen molar-refractivity contribution < 1.29 is 0 Å². The molecule has 0 atom stereocenters. The lowest BCUT2D eigenvalue weighted by molar-refractivity contribution is 0.111. The molecule has 1 heterocycles. The first-order valence-electron chi connectivity index (χ1n) is 6.37. The molecule has 0 unspecified atom stereocenters. The summed E-state index contributed by atoms with van der Waals surface area (Å²) in [7, 11) is 0. The van der Waals surface area contributed by atoms with Crippen LogP contribution in [0.3, 0.4) is 0 Å². The molecule has 1 rings (SSSR count). The number of likely N-dealkylation sites (tertiary alicyclic amines) is 1. The van der Waals surface area contributed by atoms with Gasteiger partial charge in [0.2, 0.25) is 0 Å².